The number of Topliss-reactive ketones (excluding diaryl/α,β-unsaturated/α-hetero) is 4. The monoisotopic (exact) mass is 511 g/mol. The first-order valence-electron chi connectivity index (χ1n) is 10.6. The molecule has 1 aromatic rings. The van der Waals surface area contributed by atoms with Crippen LogP contribution in [0, 0.1) is 0 Å². The molecule has 0 saturated carbocycles. The molecule has 0 radical (unpaired) electrons. The van der Waals surface area contributed by atoms with E-state index in [1.807, 2.05) is 0 Å². The molecule has 2 rings (SSSR count). The van der Waals surface area contributed by atoms with Crippen molar-refractivity contribution in [3.8, 4) is 11.5 Å². The van der Waals surface area contributed by atoms with Crippen molar-refractivity contribution in [3.63, 3.8) is 0 Å². The van der Waals surface area contributed by atoms with E-state index in [4.69, 9.17) is 14.2 Å². The number of nitrogens with one attached hydrogen (secondary N) is 1. The highest BCUT2D eigenvalue weighted by atomic mass is 16.7. The van der Waals surface area contributed by atoms with E-state index < -0.39 is 64.3 Å². The molecule has 1 amide bonds. The largest absolute Gasteiger partial charge is 0.497 e. The van der Waals surface area contributed by atoms with Crippen LogP contribution in [0.5, 0.6) is 11.5 Å². The lowest BCUT2D eigenvalue weighted by atomic mass is 9.65. The van der Waals surface area contributed by atoms with E-state index in [0.29, 0.717) is 6.92 Å². The van der Waals surface area contributed by atoms with Crippen LogP contribution >= 0.6 is 0 Å². The van der Waals surface area contributed by atoms with Crippen molar-refractivity contribution >= 4 is 29.0 Å². The zero-order valence-corrected chi connectivity index (χ0v) is 20.5. The number of aliphatic hydroxyl groups is 4. The van der Waals surface area contributed by atoms with Gasteiger partial charge >= 0.3 is 0 Å². The Hall–Kier alpha value is -3.23. The standard InChI is InChI=1S/C23H29NO12/c1-10(25)17(29)18-21(31,11(2)26)20(22(32,12(3)27)23(33,36-18)13(4)28)24-19(30)14-7-15(34-5)9-16(8-14)35-6/h7-9,17-18,20,29,31-33H,1-6H3,(H,24,30)/t17?,18-,20-,21+,22-,23+/m1/s1. The maximum Gasteiger partial charge on any atom is 0.266 e. The molecule has 13 heteroatoms. The summed E-state index contributed by atoms with van der Waals surface area (Å²) in [5.41, 5.74) is -6.85. The van der Waals surface area contributed by atoms with Gasteiger partial charge in [0.05, 0.1) is 14.2 Å². The first kappa shape index (κ1) is 29.0. The van der Waals surface area contributed by atoms with Crippen LogP contribution in [0.4, 0.5) is 0 Å². The fourth-order valence-corrected chi connectivity index (χ4v) is 4.12. The molecule has 13 nitrogen and oxygen atoms in total. The third-order valence-corrected chi connectivity index (χ3v) is 6.28. The Labute approximate surface area is 206 Å². The highest BCUT2D eigenvalue weighted by Gasteiger charge is 2.76. The fourth-order valence-electron chi connectivity index (χ4n) is 4.12. The van der Waals surface area contributed by atoms with E-state index in [2.05, 4.69) is 5.32 Å². The molecule has 1 saturated heterocycles. The summed E-state index contributed by atoms with van der Waals surface area (Å²) < 4.78 is 15.3. The Morgan fingerprint density at radius 1 is 0.889 bits per heavy atom. The zero-order chi connectivity index (χ0) is 27.8. The van der Waals surface area contributed by atoms with Gasteiger partial charge in [-0.2, -0.15) is 0 Å². The van der Waals surface area contributed by atoms with Crippen LogP contribution in [-0.4, -0.2) is 98.9 Å². The number of aliphatic hydroxyl groups excluding tert-OH is 1. The number of hydrogen-bond donors (Lipinski definition) is 5. The van der Waals surface area contributed by atoms with Crippen LogP contribution in [0.25, 0.3) is 0 Å². The van der Waals surface area contributed by atoms with Crippen molar-refractivity contribution in [2.45, 2.75) is 62.9 Å². The van der Waals surface area contributed by atoms with Crippen molar-refractivity contribution in [1.82, 2.24) is 5.32 Å². The average Bonchev–Trinajstić information content (AvgIpc) is 2.82. The highest BCUT2D eigenvalue weighted by molar-refractivity contribution is 6.02. The molecule has 0 aromatic heterocycles. The van der Waals surface area contributed by atoms with Crippen molar-refractivity contribution in [1.29, 1.82) is 0 Å². The third-order valence-electron chi connectivity index (χ3n) is 6.28. The van der Waals surface area contributed by atoms with Gasteiger partial charge in [-0.1, -0.05) is 0 Å². The summed E-state index contributed by atoms with van der Waals surface area (Å²) in [7, 11) is 2.61. The number of carbonyl (C=O) groups excluding carboxylic acids is 5. The molecule has 1 heterocycles. The first-order valence-corrected chi connectivity index (χ1v) is 10.6. The van der Waals surface area contributed by atoms with Gasteiger partial charge in [0.1, 0.15) is 29.7 Å². The Morgan fingerprint density at radius 2 is 1.39 bits per heavy atom. The van der Waals surface area contributed by atoms with Gasteiger partial charge in [0.2, 0.25) is 5.60 Å². The molecular weight excluding hydrogens is 482 g/mol. The maximum absolute atomic E-state index is 13.3. The average molecular weight is 511 g/mol. The third kappa shape index (κ3) is 4.40. The van der Waals surface area contributed by atoms with Gasteiger partial charge in [0.15, 0.2) is 28.7 Å². The topological polar surface area (TPSA) is 206 Å². The summed E-state index contributed by atoms with van der Waals surface area (Å²) in [6.07, 6.45) is -4.70. The molecule has 1 fully saturated rings. The SMILES string of the molecule is COc1cc(OC)cc(C(=O)N[C@@H]2[C@](O)(C(C)=O)[C@@H](C(O)C(C)=O)O[C@@](O)(C(C)=O)[C@@]2(O)C(C)=O)c1. The molecule has 36 heavy (non-hydrogen) atoms. The number of benzene rings is 1. The minimum atomic E-state index is -3.49. The van der Waals surface area contributed by atoms with Gasteiger partial charge in [-0.05, 0) is 32.9 Å². The summed E-state index contributed by atoms with van der Waals surface area (Å²) >= 11 is 0. The highest BCUT2D eigenvalue weighted by Crippen LogP contribution is 2.45. The summed E-state index contributed by atoms with van der Waals surface area (Å²) in [5.74, 6) is -9.40. The molecule has 0 bridgehead atoms. The van der Waals surface area contributed by atoms with Gasteiger partial charge in [-0.25, -0.2) is 0 Å². The Morgan fingerprint density at radius 3 is 1.75 bits per heavy atom. The minimum Gasteiger partial charge on any atom is -0.497 e. The van der Waals surface area contributed by atoms with Gasteiger partial charge in [0.25, 0.3) is 11.7 Å². The van der Waals surface area contributed by atoms with Crippen LogP contribution in [0.2, 0.25) is 0 Å². The second-order valence-electron chi connectivity index (χ2n) is 8.51. The molecule has 0 aliphatic carbocycles. The smallest absolute Gasteiger partial charge is 0.266 e. The lowest BCUT2D eigenvalue weighted by molar-refractivity contribution is -0.355. The van der Waals surface area contributed by atoms with E-state index >= 15 is 0 Å². The molecule has 5 N–H and O–H groups in total. The van der Waals surface area contributed by atoms with E-state index in [1.54, 1.807) is 0 Å². The molecule has 1 unspecified atom stereocenters. The van der Waals surface area contributed by atoms with Crippen LogP contribution in [-0.2, 0) is 23.9 Å². The number of amides is 1. The predicted molar refractivity (Wildman–Crippen MR) is 119 cm³/mol. The van der Waals surface area contributed by atoms with E-state index in [1.165, 1.54) is 32.4 Å². The summed E-state index contributed by atoms with van der Waals surface area (Å²) in [4.78, 5) is 63.1. The molecule has 1 aliphatic heterocycles. The summed E-state index contributed by atoms with van der Waals surface area (Å²) in [5, 5.41) is 46.6. The molecular formula is C23H29NO12. The summed E-state index contributed by atoms with van der Waals surface area (Å²) in [6.45, 7) is 3.07. The lowest BCUT2D eigenvalue weighted by Gasteiger charge is -2.57. The Bertz CT molecular complexity index is 1080. The molecule has 198 valence electrons. The molecule has 6 atom stereocenters. The normalized spacial score (nSPS) is 30.6. The number of ketones is 4. The number of methoxy groups -OCH3 is 2. The van der Waals surface area contributed by atoms with Gasteiger partial charge in [-0.3, -0.25) is 24.0 Å². The zero-order valence-electron chi connectivity index (χ0n) is 20.5. The second-order valence-corrected chi connectivity index (χ2v) is 8.51. The maximum atomic E-state index is 13.3. The van der Waals surface area contributed by atoms with Crippen LogP contribution in [0.1, 0.15) is 38.1 Å². The van der Waals surface area contributed by atoms with Gasteiger partial charge in [-0.15, -0.1) is 0 Å². The number of carbonyl (C=O) groups is 5. The number of rotatable bonds is 9. The van der Waals surface area contributed by atoms with Crippen LogP contribution in [0.15, 0.2) is 18.2 Å². The fraction of sp³-hybridized carbons (Fsp3) is 0.522. The second kappa shape index (κ2) is 10.0. The van der Waals surface area contributed by atoms with Crippen molar-refractivity contribution < 1.29 is 58.6 Å². The Kier molecular flexibility index (Phi) is 8.08. The van der Waals surface area contributed by atoms with Gasteiger partial charge in [0, 0.05) is 18.6 Å². The first-order chi connectivity index (χ1) is 16.5. The Balaban J connectivity index is 2.84. The lowest BCUT2D eigenvalue weighted by Crippen LogP contribution is -2.87. The molecule has 1 aliphatic rings. The predicted octanol–water partition coefficient (Wildman–Crippen LogP) is -1.93. The minimum absolute atomic E-state index is 0.153. The van der Waals surface area contributed by atoms with E-state index in [9.17, 15) is 44.4 Å². The van der Waals surface area contributed by atoms with Crippen LogP contribution < -0.4 is 14.8 Å². The molecule has 1 aromatic carbocycles. The molecule has 0 spiro atoms. The van der Waals surface area contributed by atoms with Gasteiger partial charge < -0.3 is 40.0 Å². The van der Waals surface area contributed by atoms with Crippen molar-refractivity contribution in [2.75, 3.05) is 14.2 Å². The van der Waals surface area contributed by atoms with E-state index in [0.717, 1.165) is 20.8 Å². The van der Waals surface area contributed by atoms with Crippen molar-refractivity contribution in [2.24, 2.45) is 0 Å². The van der Waals surface area contributed by atoms with Crippen LogP contribution in [0.3, 0.4) is 0 Å². The number of hydrogen-bond acceptors (Lipinski definition) is 12. The van der Waals surface area contributed by atoms with Crippen molar-refractivity contribution in [3.05, 3.63) is 23.8 Å². The quantitative estimate of drug-likeness (QED) is 0.246. The van der Waals surface area contributed by atoms with E-state index in [-0.39, 0.29) is 17.1 Å². The summed E-state index contributed by atoms with van der Waals surface area (Å²) in [6, 6.07) is 1.37. The number of ether oxygens (including phenoxy) is 3.